The van der Waals surface area contributed by atoms with Crippen LogP contribution in [0.4, 0.5) is 4.79 Å². The molecule has 1 unspecified atom stereocenters. The fourth-order valence-corrected chi connectivity index (χ4v) is 3.65. The fourth-order valence-electron chi connectivity index (χ4n) is 3.47. The average molecular weight is 382 g/mol. The second kappa shape index (κ2) is 8.46. The van der Waals surface area contributed by atoms with Gasteiger partial charge in [0.15, 0.2) is 0 Å². The molecule has 1 N–H and O–H groups in total. The molecule has 2 fully saturated rings. The number of ether oxygens (including phenoxy) is 2. The van der Waals surface area contributed by atoms with Crippen LogP contribution in [0.15, 0.2) is 24.3 Å². The van der Waals surface area contributed by atoms with Crippen LogP contribution in [0.1, 0.15) is 20.3 Å². The Labute approximate surface area is 160 Å². The molecule has 0 radical (unpaired) electrons. The van der Waals surface area contributed by atoms with Gasteiger partial charge in [0, 0.05) is 39.1 Å². The topological polar surface area (TPSA) is 54.0 Å². The Hall–Kier alpha value is -1.50. The van der Waals surface area contributed by atoms with Crippen LogP contribution >= 0.6 is 11.6 Å². The lowest BCUT2D eigenvalue weighted by Crippen LogP contribution is -2.50. The van der Waals surface area contributed by atoms with E-state index in [2.05, 4.69) is 24.1 Å². The van der Waals surface area contributed by atoms with Crippen LogP contribution in [-0.4, -0.2) is 73.4 Å². The number of nitrogens with zero attached hydrogens (tertiary/aromatic N) is 2. The van der Waals surface area contributed by atoms with Gasteiger partial charge < -0.3 is 19.7 Å². The predicted octanol–water partition coefficient (Wildman–Crippen LogP) is 2.61. The zero-order chi connectivity index (χ0) is 18.6. The number of benzene rings is 1. The number of amides is 2. The summed E-state index contributed by atoms with van der Waals surface area (Å²) in [6.45, 7) is 9.51. The zero-order valence-corrected chi connectivity index (χ0v) is 16.3. The average Bonchev–Trinajstić information content (AvgIpc) is 3.05. The largest absolute Gasteiger partial charge is 0.487 e. The van der Waals surface area contributed by atoms with Crippen molar-refractivity contribution in [3.8, 4) is 5.75 Å². The molecule has 2 saturated heterocycles. The number of para-hydroxylation sites is 1. The maximum Gasteiger partial charge on any atom is 0.317 e. The molecule has 2 aliphatic rings. The van der Waals surface area contributed by atoms with Gasteiger partial charge in [0.05, 0.1) is 23.8 Å². The van der Waals surface area contributed by atoms with Gasteiger partial charge in [0.25, 0.3) is 0 Å². The normalized spacial score (nSPS) is 23.0. The van der Waals surface area contributed by atoms with Gasteiger partial charge >= 0.3 is 6.03 Å². The molecule has 26 heavy (non-hydrogen) atoms. The maximum atomic E-state index is 12.4. The van der Waals surface area contributed by atoms with Crippen LogP contribution in [0.2, 0.25) is 5.02 Å². The number of carbonyl (C=O) groups is 1. The van der Waals surface area contributed by atoms with E-state index in [9.17, 15) is 4.79 Å². The minimum atomic E-state index is -0.111. The number of halogens is 1. The summed E-state index contributed by atoms with van der Waals surface area (Å²) in [4.78, 5) is 16.5. The lowest BCUT2D eigenvalue weighted by molar-refractivity contribution is -0.0853. The van der Waals surface area contributed by atoms with Crippen molar-refractivity contribution in [2.75, 3.05) is 45.9 Å². The summed E-state index contributed by atoms with van der Waals surface area (Å²) in [6, 6.07) is 7.41. The van der Waals surface area contributed by atoms with Gasteiger partial charge in [-0.1, -0.05) is 23.7 Å². The Kier molecular flexibility index (Phi) is 6.27. The molecule has 1 atom stereocenters. The molecule has 2 aliphatic heterocycles. The summed E-state index contributed by atoms with van der Waals surface area (Å²) >= 11 is 6.13. The van der Waals surface area contributed by atoms with Crippen molar-refractivity contribution in [1.29, 1.82) is 0 Å². The second-order valence-electron chi connectivity index (χ2n) is 7.52. The van der Waals surface area contributed by atoms with Crippen LogP contribution in [0.25, 0.3) is 0 Å². The molecular weight excluding hydrogens is 354 g/mol. The van der Waals surface area contributed by atoms with E-state index in [-0.39, 0.29) is 17.7 Å². The highest BCUT2D eigenvalue weighted by atomic mass is 35.5. The van der Waals surface area contributed by atoms with E-state index in [0.717, 1.165) is 32.7 Å². The molecule has 1 aromatic carbocycles. The van der Waals surface area contributed by atoms with Gasteiger partial charge in [-0.3, -0.25) is 4.90 Å². The van der Waals surface area contributed by atoms with Gasteiger partial charge in [-0.25, -0.2) is 4.79 Å². The van der Waals surface area contributed by atoms with Crippen molar-refractivity contribution < 1.29 is 14.3 Å². The van der Waals surface area contributed by atoms with Crippen molar-refractivity contribution in [2.45, 2.75) is 32.0 Å². The molecule has 1 aromatic rings. The van der Waals surface area contributed by atoms with Gasteiger partial charge in [-0.15, -0.1) is 0 Å². The van der Waals surface area contributed by atoms with Crippen LogP contribution in [0.3, 0.4) is 0 Å². The van der Waals surface area contributed by atoms with E-state index in [1.807, 2.05) is 29.2 Å². The van der Waals surface area contributed by atoms with E-state index in [4.69, 9.17) is 21.1 Å². The quantitative estimate of drug-likeness (QED) is 0.851. The molecule has 0 bridgehead atoms. The van der Waals surface area contributed by atoms with E-state index in [1.165, 1.54) is 0 Å². The molecule has 3 rings (SSSR count). The summed E-state index contributed by atoms with van der Waals surface area (Å²) in [5.74, 6) is 0.677. The monoisotopic (exact) mass is 381 g/mol. The Bertz CT molecular complexity index is 626. The van der Waals surface area contributed by atoms with Gasteiger partial charge in [-0.05, 0) is 26.0 Å². The van der Waals surface area contributed by atoms with E-state index in [0.29, 0.717) is 30.4 Å². The predicted molar refractivity (Wildman–Crippen MR) is 102 cm³/mol. The first-order chi connectivity index (χ1) is 12.4. The van der Waals surface area contributed by atoms with Gasteiger partial charge in [0.2, 0.25) is 0 Å². The number of carbonyl (C=O) groups excluding carboxylic acids is 1. The summed E-state index contributed by atoms with van der Waals surface area (Å²) in [7, 11) is 0. The van der Waals surface area contributed by atoms with Crippen molar-refractivity contribution >= 4 is 17.6 Å². The highest BCUT2D eigenvalue weighted by molar-refractivity contribution is 6.32. The lowest BCUT2D eigenvalue weighted by atomic mass is 10.1. The number of rotatable bonds is 5. The van der Waals surface area contributed by atoms with Crippen molar-refractivity contribution in [1.82, 2.24) is 15.1 Å². The third-order valence-corrected chi connectivity index (χ3v) is 5.08. The Morgan fingerprint density at radius 1 is 1.38 bits per heavy atom. The first kappa shape index (κ1) is 19.3. The van der Waals surface area contributed by atoms with Crippen LogP contribution in [0, 0.1) is 0 Å². The number of hydrogen-bond acceptors (Lipinski definition) is 4. The minimum Gasteiger partial charge on any atom is -0.487 e. The number of likely N-dealkylation sites (tertiary alicyclic amines) is 1. The van der Waals surface area contributed by atoms with Crippen LogP contribution < -0.4 is 10.1 Å². The SMILES string of the molecule is CC1(C)CN(CCNC(=O)N2CCC(Oc3ccccc3Cl)C2)CCO1. The maximum absolute atomic E-state index is 12.4. The summed E-state index contributed by atoms with van der Waals surface area (Å²) in [5.41, 5.74) is -0.111. The zero-order valence-electron chi connectivity index (χ0n) is 15.5. The van der Waals surface area contributed by atoms with Gasteiger partial charge in [-0.2, -0.15) is 0 Å². The third kappa shape index (κ3) is 5.25. The first-order valence-electron chi connectivity index (χ1n) is 9.23. The van der Waals surface area contributed by atoms with Crippen molar-refractivity contribution in [3.05, 3.63) is 29.3 Å². The molecule has 0 aromatic heterocycles. The summed E-state index contributed by atoms with van der Waals surface area (Å²) in [5, 5.41) is 3.62. The highest BCUT2D eigenvalue weighted by Crippen LogP contribution is 2.26. The molecule has 7 heteroatoms. The van der Waals surface area contributed by atoms with E-state index < -0.39 is 0 Å². The fraction of sp³-hybridized carbons (Fsp3) is 0.632. The smallest absolute Gasteiger partial charge is 0.317 e. The molecule has 0 saturated carbocycles. The molecule has 144 valence electrons. The lowest BCUT2D eigenvalue weighted by Gasteiger charge is -2.38. The Morgan fingerprint density at radius 2 is 2.19 bits per heavy atom. The van der Waals surface area contributed by atoms with Crippen LogP contribution in [0.5, 0.6) is 5.75 Å². The third-order valence-electron chi connectivity index (χ3n) is 4.77. The molecule has 0 spiro atoms. The summed E-state index contributed by atoms with van der Waals surface area (Å²) in [6.07, 6.45) is 0.803. The second-order valence-corrected chi connectivity index (χ2v) is 7.93. The molecule has 0 aliphatic carbocycles. The number of hydrogen-bond donors (Lipinski definition) is 1. The molecular formula is C19H28ClN3O3. The minimum absolute atomic E-state index is 0.0132. The van der Waals surface area contributed by atoms with E-state index in [1.54, 1.807) is 0 Å². The first-order valence-corrected chi connectivity index (χ1v) is 9.61. The number of nitrogens with one attached hydrogen (secondary N) is 1. The standard InChI is InChI=1S/C19H28ClN3O3/c1-19(2)14-22(11-12-25-19)10-8-21-18(24)23-9-7-15(13-23)26-17-6-4-3-5-16(17)20/h3-6,15H,7-14H2,1-2H3,(H,21,24). The Balaban J connectivity index is 1.38. The van der Waals surface area contributed by atoms with E-state index >= 15 is 0 Å². The number of urea groups is 1. The Morgan fingerprint density at radius 3 is 2.96 bits per heavy atom. The van der Waals surface area contributed by atoms with Gasteiger partial charge in [0.1, 0.15) is 11.9 Å². The highest BCUT2D eigenvalue weighted by Gasteiger charge is 2.29. The van der Waals surface area contributed by atoms with Crippen LogP contribution in [-0.2, 0) is 4.74 Å². The summed E-state index contributed by atoms with van der Waals surface area (Å²) < 4.78 is 11.6. The van der Waals surface area contributed by atoms with Crippen molar-refractivity contribution in [3.63, 3.8) is 0 Å². The molecule has 6 nitrogen and oxygen atoms in total. The number of morpholine rings is 1. The molecule has 2 amide bonds. The molecule has 2 heterocycles. The van der Waals surface area contributed by atoms with Crippen molar-refractivity contribution in [2.24, 2.45) is 0 Å².